The van der Waals surface area contributed by atoms with Crippen LogP contribution in [-0.2, 0) is 4.74 Å². The Bertz CT molecular complexity index is 763. The normalized spacial score (nSPS) is 14.4. The van der Waals surface area contributed by atoms with Crippen molar-refractivity contribution in [1.29, 1.82) is 0 Å². The highest BCUT2D eigenvalue weighted by molar-refractivity contribution is 5.82. The van der Waals surface area contributed by atoms with Crippen LogP contribution in [0.2, 0.25) is 0 Å². The molecule has 0 fully saturated rings. The van der Waals surface area contributed by atoms with Crippen LogP contribution < -0.4 is 16.0 Å². The smallest absolute Gasteiger partial charge is 0.453 e. The van der Waals surface area contributed by atoms with Gasteiger partial charge in [-0.05, 0) is 6.42 Å². The number of anilines is 2. The van der Waals surface area contributed by atoms with Crippen LogP contribution in [0.15, 0.2) is 27.5 Å². The van der Waals surface area contributed by atoms with Crippen LogP contribution in [0, 0.1) is 0 Å². The van der Waals surface area contributed by atoms with E-state index in [1.165, 1.54) is 7.11 Å². The average molecular weight is 291 g/mol. The fourth-order valence-corrected chi connectivity index (χ4v) is 2.06. The largest absolute Gasteiger partial charge is 0.460 e. The third-order valence-electron chi connectivity index (χ3n) is 3.04. The minimum absolute atomic E-state index is 0.0403. The molecule has 0 saturated carbocycles. The monoisotopic (exact) mass is 291 g/mol. The number of carbonyl (C=O) groups excluding carboxylic acids is 1. The van der Waals surface area contributed by atoms with Gasteiger partial charge in [0.1, 0.15) is 5.82 Å². The Balaban J connectivity index is 2.07. The maximum atomic E-state index is 11.4. The molecule has 1 aliphatic rings. The standard InChI is InChI=1S/C12H13N5O4/c1-20-11(18)15-10-13-8(16-5-3-2-4-6-16)7-9-14-12(19)21-17(9)10/h2-3,7H,4-6H2,1H3,(H,13,15,18). The molecule has 3 heterocycles. The number of amides is 1. The quantitative estimate of drug-likeness (QED) is 0.809. The van der Waals surface area contributed by atoms with E-state index in [9.17, 15) is 9.59 Å². The maximum absolute atomic E-state index is 11.4. The van der Waals surface area contributed by atoms with E-state index in [0.29, 0.717) is 12.4 Å². The van der Waals surface area contributed by atoms with Crippen LogP contribution in [0.25, 0.3) is 5.65 Å². The first kappa shape index (κ1) is 13.2. The molecule has 0 aliphatic carbocycles. The van der Waals surface area contributed by atoms with Gasteiger partial charge in [0, 0.05) is 19.2 Å². The molecule has 9 heteroatoms. The molecule has 0 radical (unpaired) electrons. The third-order valence-corrected chi connectivity index (χ3v) is 3.04. The summed E-state index contributed by atoms with van der Waals surface area (Å²) in [5.41, 5.74) is 0.269. The van der Waals surface area contributed by atoms with Crippen LogP contribution >= 0.6 is 0 Å². The van der Waals surface area contributed by atoms with Crippen LogP contribution in [0.4, 0.5) is 16.6 Å². The molecule has 110 valence electrons. The van der Waals surface area contributed by atoms with E-state index >= 15 is 0 Å². The number of nitrogens with zero attached hydrogens (tertiary/aromatic N) is 4. The second kappa shape index (κ2) is 5.27. The molecule has 9 nitrogen and oxygen atoms in total. The lowest BCUT2D eigenvalue weighted by Gasteiger charge is -2.24. The Labute approximate surface area is 118 Å². The van der Waals surface area contributed by atoms with Crippen molar-refractivity contribution in [3.63, 3.8) is 0 Å². The SMILES string of the molecule is COC(=O)Nc1nc(N2CC=CCC2)cc2nc(=O)on12. The molecule has 2 aromatic rings. The lowest BCUT2D eigenvalue weighted by molar-refractivity contribution is 0.186. The number of ether oxygens (including phenoxy) is 1. The number of carbonyl (C=O) groups is 1. The predicted octanol–water partition coefficient (Wildman–Crippen LogP) is 0.627. The zero-order chi connectivity index (χ0) is 14.8. The van der Waals surface area contributed by atoms with Gasteiger partial charge in [0.2, 0.25) is 0 Å². The number of rotatable bonds is 2. The molecule has 1 aliphatic heterocycles. The van der Waals surface area contributed by atoms with Crippen molar-refractivity contribution in [2.45, 2.75) is 6.42 Å². The zero-order valence-electron chi connectivity index (χ0n) is 11.3. The van der Waals surface area contributed by atoms with Gasteiger partial charge in [0.05, 0.1) is 7.11 Å². The Kier molecular flexibility index (Phi) is 3.30. The van der Waals surface area contributed by atoms with Crippen molar-refractivity contribution in [3.05, 3.63) is 28.8 Å². The average Bonchev–Trinajstić information content (AvgIpc) is 2.88. The first-order chi connectivity index (χ1) is 10.2. The number of nitrogens with one attached hydrogen (secondary N) is 1. The van der Waals surface area contributed by atoms with Gasteiger partial charge < -0.3 is 14.2 Å². The van der Waals surface area contributed by atoms with Gasteiger partial charge in [-0.25, -0.2) is 9.59 Å². The number of aromatic nitrogens is 3. The molecule has 3 rings (SSSR count). The number of methoxy groups -OCH3 is 1. The predicted molar refractivity (Wildman–Crippen MR) is 73.5 cm³/mol. The first-order valence-electron chi connectivity index (χ1n) is 6.33. The number of hydrogen-bond donors (Lipinski definition) is 1. The van der Waals surface area contributed by atoms with Gasteiger partial charge in [-0.3, -0.25) is 5.32 Å². The van der Waals surface area contributed by atoms with Gasteiger partial charge in [0.25, 0.3) is 5.95 Å². The van der Waals surface area contributed by atoms with Crippen molar-refractivity contribution in [1.82, 2.24) is 14.5 Å². The van der Waals surface area contributed by atoms with Gasteiger partial charge in [-0.1, -0.05) is 12.2 Å². The van der Waals surface area contributed by atoms with Crippen molar-refractivity contribution in [2.24, 2.45) is 0 Å². The molecule has 0 spiro atoms. The van der Waals surface area contributed by atoms with Crippen LogP contribution in [0.5, 0.6) is 0 Å². The van der Waals surface area contributed by atoms with E-state index in [4.69, 9.17) is 4.52 Å². The summed E-state index contributed by atoms with van der Waals surface area (Å²) in [5, 5.41) is 2.40. The minimum atomic E-state index is -0.764. The molecule has 1 N–H and O–H groups in total. The van der Waals surface area contributed by atoms with E-state index in [1.54, 1.807) is 6.07 Å². The molecule has 0 atom stereocenters. The van der Waals surface area contributed by atoms with E-state index in [-0.39, 0.29) is 11.6 Å². The summed E-state index contributed by atoms with van der Waals surface area (Å²) in [6, 6.07) is 1.63. The van der Waals surface area contributed by atoms with Gasteiger partial charge in [-0.15, -0.1) is 4.57 Å². The van der Waals surface area contributed by atoms with E-state index in [1.807, 2.05) is 11.0 Å². The molecule has 0 saturated heterocycles. The summed E-state index contributed by atoms with van der Waals surface area (Å²) in [6.07, 6.45) is 4.30. The first-order valence-corrected chi connectivity index (χ1v) is 6.33. The molecule has 21 heavy (non-hydrogen) atoms. The Morgan fingerprint density at radius 3 is 3.00 bits per heavy atom. The van der Waals surface area contributed by atoms with Crippen LogP contribution in [-0.4, -0.2) is 40.8 Å². The lowest BCUT2D eigenvalue weighted by Crippen LogP contribution is -2.28. The van der Waals surface area contributed by atoms with Gasteiger partial charge >= 0.3 is 11.8 Å². The summed E-state index contributed by atoms with van der Waals surface area (Å²) in [5.74, 6) is -0.127. The van der Waals surface area contributed by atoms with Gasteiger partial charge in [-0.2, -0.15) is 9.97 Å². The fraction of sp³-hybridized carbons (Fsp3) is 0.333. The van der Waals surface area contributed by atoms with Gasteiger partial charge in [0.15, 0.2) is 5.65 Å². The molecular weight excluding hydrogens is 278 g/mol. The lowest BCUT2D eigenvalue weighted by atomic mass is 10.2. The molecule has 0 bridgehead atoms. The second-order valence-electron chi connectivity index (χ2n) is 4.38. The zero-order valence-corrected chi connectivity index (χ0v) is 11.3. The third kappa shape index (κ3) is 2.57. The fourth-order valence-electron chi connectivity index (χ4n) is 2.06. The molecule has 0 unspecified atom stereocenters. The van der Waals surface area contributed by atoms with E-state index < -0.39 is 11.8 Å². The summed E-state index contributed by atoms with van der Waals surface area (Å²) in [7, 11) is 1.23. The highest BCUT2D eigenvalue weighted by atomic mass is 16.5. The topological polar surface area (TPSA) is 102 Å². The maximum Gasteiger partial charge on any atom is 0.460 e. The second-order valence-corrected chi connectivity index (χ2v) is 4.38. The van der Waals surface area contributed by atoms with Crippen molar-refractivity contribution < 1.29 is 14.1 Å². The molecule has 0 aromatic carbocycles. The number of fused-ring (bicyclic) bond motifs is 1. The Morgan fingerprint density at radius 1 is 1.43 bits per heavy atom. The Morgan fingerprint density at radius 2 is 2.29 bits per heavy atom. The highest BCUT2D eigenvalue weighted by Gasteiger charge is 2.17. The molecule has 1 amide bonds. The number of hydrogen-bond acceptors (Lipinski definition) is 7. The Hall–Kier alpha value is -2.84. The van der Waals surface area contributed by atoms with Crippen molar-refractivity contribution in [2.75, 3.05) is 30.4 Å². The van der Waals surface area contributed by atoms with E-state index in [0.717, 1.165) is 17.5 Å². The molecular formula is C12H13N5O4. The summed E-state index contributed by atoms with van der Waals surface area (Å²) in [4.78, 5) is 32.7. The summed E-state index contributed by atoms with van der Waals surface area (Å²) < 4.78 is 10.5. The summed E-state index contributed by atoms with van der Waals surface area (Å²) >= 11 is 0. The molecule has 2 aromatic heterocycles. The van der Waals surface area contributed by atoms with Crippen LogP contribution in [0.3, 0.4) is 0 Å². The minimum Gasteiger partial charge on any atom is -0.453 e. The van der Waals surface area contributed by atoms with Crippen LogP contribution in [0.1, 0.15) is 6.42 Å². The summed E-state index contributed by atoms with van der Waals surface area (Å²) in [6.45, 7) is 1.49. The van der Waals surface area contributed by atoms with Crippen molar-refractivity contribution in [3.8, 4) is 0 Å². The van der Waals surface area contributed by atoms with Crippen molar-refractivity contribution >= 4 is 23.5 Å². The highest BCUT2D eigenvalue weighted by Crippen LogP contribution is 2.19. The van der Waals surface area contributed by atoms with E-state index in [2.05, 4.69) is 26.1 Å².